The number of ether oxygens (including phenoxy) is 1. The van der Waals surface area contributed by atoms with Gasteiger partial charge in [-0.15, -0.1) is 0 Å². The summed E-state index contributed by atoms with van der Waals surface area (Å²) in [6.45, 7) is 4.23. The summed E-state index contributed by atoms with van der Waals surface area (Å²) in [6.07, 6.45) is 1.94. The van der Waals surface area contributed by atoms with Crippen LogP contribution in [0.25, 0.3) is 0 Å². The minimum Gasteiger partial charge on any atom is -0.381 e. The number of benzene rings is 1. The van der Waals surface area contributed by atoms with Crippen molar-refractivity contribution < 1.29 is 4.74 Å². The summed E-state index contributed by atoms with van der Waals surface area (Å²) in [7, 11) is 0. The van der Waals surface area contributed by atoms with E-state index in [9.17, 15) is 0 Å². The molecule has 3 heteroatoms. The van der Waals surface area contributed by atoms with Crippen molar-refractivity contribution in [2.24, 2.45) is 11.5 Å². The molecule has 0 spiro atoms. The molecule has 0 aromatic heterocycles. The Labute approximate surface area is 103 Å². The van der Waals surface area contributed by atoms with Gasteiger partial charge >= 0.3 is 0 Å². The lowest BCUT2D eigenvalue weighted by molar-refractivity contribution is 0.0408. The lowest BCUT2D eigenvalue weighted by atomic mass is 9.67. The van der Waals surface area contributed by atoms with Gasteiger partial charge in [0.2, 0.25) is 0 Å². The molecule has 0 bridgehead atoms. The van der Waals surface area contributed by atoms with E-state index in [1.165, 1.54) is 11.1 Å². The molecule has 1 aromatic carbocycles. The van der Waals surface area contributed by atoms with Crippen LogP contribution in [0.3, 0.4) is 0 Å². The molecule has 0 amide bonds. The molecule has 1 atom stereocenters. The first kappa shape index (κ1) is 12.6. The van der Waals surface area contributed by atoms with Gasteiger partial charge in [-0.25, -0.2) is 0 Å². The molecule has 1 aliphatic heterocycles. The van der Waals surface area contributed by atoms with Gasteiger partial charge in [-0.1, -0.05) is 24.3 Å². The van der Waals surface area contributed by atoms with Gasteiger partial charge in [0.05, 0.1) is 0 Å². The van der Waals surface area contributed by atoms with E-state index < -0.39 is 0 Å². The first-order valence-corrected chi connectivity index (χ1v) is 6.30. The number of hydrogen-bond donors (Lipinski definition) is 2. The quantitative estimate of drug-likeness (QED) is 0.829. The van der Waals surface area contributed by atoms with Crippen molar-refractivity contribution in [1.29, 1.82) is 0 Å². The molecule has 1 unspecified atom stereocenters. The maximum Gasteiger partial charge on any atom is 0.0475 e. The normalized spacial score (nSPS) is 21.1. The summed E-state index contributed by atoms with van der Waals surface area (Å²) in [5, 5.41) is 0. The molecule has 17 heavy (non-hydrogen) atoms. The Morgan fingerprint density at radius 3 is 2.53 bits per heavy atom. The molecule has 1 saturated heterocycles. The zero-order valence-corrected chi connectivity index (χ0v) is 10.5. The van der Waals surface area contributed by atoms with Gasteiger partial charge < -0.3 is 16.2 Å². The van der Waals surface area contributed by atoms with E-state index in [4.69, 9.17) is 16.2 Å². The minimum absolute atomic E-state index is 0.00164. The Hall–Kier alpha value is -0.900. The Bertz CT molecular complexity index is 372. The molecular weight excluding hydrogens is 212 g/mol. The third-order valence-corrected chi connectivity index (χ3v) is 4.03. The third kappa shape index (κ3) is 2.23. The van der Waals surface area contributed by atoms with Crippen LogP contribution in [0.1, 0.15) is 24.0 Å². The number of aryl methyl sites for hydroxylation is 1. The highest BCUT2D eigenvalue weighted by Crippen LogP contribution is 2.38. The molecular formula is C14H22N2O. The summed E-state index contributed by atoms with van der Waals surface area (Å²) >= 11 is 0. The second kappa shape index (κ2) is 5.17. The van der Waals surface area contributed by atoms with Gasteiger partial charge in [0.25, 0.3) is 0 Å². The van der Waals surface area contributed by atoms with Crippen molar-refractivity contribution in [3.63, 3.8) is 0 Å². The average molecular weight is 234 g/mol. The summed E-state index contributed by atoms with van der Waals surface area (Å²) < 4.78 is 5.48. The van der Waals surface area contributed by atoms with E-state index in [1.54, 1.807) is 0 Å². The first-order chi connectivity index (χ1) is 8.20. The van der Waals surface area contributed by atoms with Crippen molar-refractivity contribution in [2.45, 2.75) is 31.2 Å². The summed E-state index contributed by atoms with van der Waals surface area (Å²) in [6, 6.07) is 8.50. The van der Waals surface area contributed by atoms with Crippen LogP contribution >= 0.6 is 0 Å². The van der Waals surface area contributed by atoms with Crippen LogP contribution < -0.4 is 11.5 Å². The highest BCUT2D eigenvalue weighted by molar-refractivity contribution is 5.35. The van der Waals surface area contributed by atoms with E-state index in [2.05, 4.69) is 31.2 Å². The average Bonchev–Trinajstić information content (AvgIpc) is 2.39. The Kier molecular flexibility index (Phi) is 3.82. The van der Waals surface area contributed by atoms with Crippen LogP contribution in [0.4, 0.5) is 0 Å². The second-order valence-electron chi connectivity index (χ2n) is 4.93. The summed E-state index contributed by atoms with van der Waals surface area (Å²) in [5.74, 6) is 0. The summed E-state index contributed by atoms with van der Waals surface area (Å²) in [4.78, 5) is 0. The molecule has 1 fully saturated rings. The Morgan fingerprint density at radius 1 is 1.29 bits per heavy atom. The maximum absolute atomic E-state index is 6.30. The molecule has 94 valence electrons. The topological polar surface area (TPSA) is 61.3 Å². The lowest BCUT2D eigenvalue weighted by Crippen LogP contribution is -2.53. The minimum atomic E-state index is -0.00164. The fraction of sp³-hybridized carbons (Fsp3) is 0.571. The van der Waals surface area contributed by atoms with Gasteiger partial charge in [0, 0.05) is 31.2 Å². The van der Waals surface area contributed by atoms with Gasteiger partial charge in [0.15, 0.2) is 0 Å². The predicted molar refractivity (Wildman–Crippen MR) is 69.9 cm³/mol. The standard InChI is InChI=1S/C14H22N2O/c1-11-4-2-3-5-12(11)14(13(16)10-15)6-8-17-9-7-14/h2-5,13H,6-10,15-16H2,1H3. The fourth-order valence-electron chi connectivity index (χ4n) is 2.93. The molecule has 1 heterocycles. The largest absolute Gasteiger partial charge is 0.381 e. The van der Waals surface area contributed by atoms with E-state index in [0.29, 0.717) is 6.54 Å². The first-order valence-electron chi connectivity index (χ1n) is 6.30. The van der Waals surface area contributed by atoms with Crippen LogP contribution in [0.5, 0.6) is 0 Å². The maximum atomic E-state index is 6.30. The zero-order chi connectivity index (χ0) is 12.3. The molecule has 0 radical (unpaired) electrons. The van der Waals surface area contributed by atoms with Crippen LogP contribution in [-0.4, -0.2) is 25.8 Å². The van der Waals surface area contributed by atoms with Gasteiger partial charge in [-0.3, -0.25) is 0 Å². The molecule has 1 aliphatic rings. The van der Waals surface area contributed by atoms with Crippen molar-refractivity contribution in [3.05, 3.63) is 35.4 Å². The lowest BCUT2D eigenvalue weighted by Gasteiger charge is -2.42. The predicted octanol–water partition coefficient (Wildman–Crippen LogP) is 1.33. The Morgan fingerprint density at radius 2 is 1.94 bits per heavy atom. The van der Waals surface area contributed by atoms with E-state index >= 15 is 0 Å². The van der Waals surface area contributed by atoms with Crippen molar-refractivity contribution in [1.82, 2.24) is 0 Å². The van der Waals surface area contributed by atoms with E-state index in [0.717, 1.165) is 26.1 Å². The number of hydrogen-bond acceptors (Lipinski definition) is 3. The molecule has 4 N–H and O–H groups in total. The van der Waals surface area contributed by atoms with Crippen LogP contribution in [0, 0.1) is 6.92 Å². The molecule has 3 nitrogen and oxygen atoms in total. The van der Waals surface area contributed by atoms with Crippen molar-refractivity contribution in [3.8, 4) is 0 Å². The van der Waals surface area contributed by atoms with Gasteiger partial charge in [-0.2, -0.15) is 0 Å². The van der Waals surface area contributed by atoms with Crippen LogP contribution in [0.15, 0.2) is 24.3 Å². The van der Waals surface area contributed by atoms with Crippen LogP contribution in [0.2, 0.25) is 0 Å². The number of rotatable bonds is 3. The molecule has 0 aliphatic carbocycles. The van der Waals surface area contributed by atoms with E-state index in [-0.39, 0.29) is 11.5 Å². The number of nitrogens with two attached hydrogens (primary N) is 2. The highest BCUT2D eigenvalue weighted by Gasteiger charge is 2.40. The highest BCUT2D eigenvalue weighted by atomic mass is 16.5. The molecule has 0 saturated carbocycles. The Balaban J connectivity index is 2.42. The third-order valence-electron chi connectivity index (χ3n) is 4.03. The van der Waals surface area contributed by atoms with Crippen molar-refractivity contribution >= 4 is 0 Å². The fourth-order valence-corrected chi connectivity index (χ4v) is 2.93. The zero-order valence-electron chi connectivity index (χ0n) is 10.5. The van der Waals surface area contributed by atoms with E-state index in [1.807, 2.05) is 0 Å². The van der Waals surface area contributed by atoms with Gasteiger partial charge in [0.1, 0.15) is 0 Å². The van der Waals surface area contributed by atoms with Crippen molar-refractivity contribution in [2.75, 3.05) is 19.8 Å². The SMILES string of the molecule is Cc1ccccc1C1(C(N)CN)CCOCC1. The summed E-state index contributed by atoms with van der Waals surface area (Å²) in [5.41, 5.74) is 14.8. The monoisotopic (exact) mass is 234 g/mol. The van der Waals surface area contributed by atoms with Gasteiger partial charge in [-0.05, 0) is 30.9 Å². The second-order valence-corrected chi connectivity index (χ2v) is 4.93. The van der Waals surface area contributed by atoms with Crippen LogP contribution in [-0.2, 0) is 10.2 Å². The molecule has 1 aromatic rings. The smallest absolute Gasteiger partial charge is 0.0475 e. The molecule has 2 rings (SSSR count).